The molecule has 0 aliphatic rings. The van der Waals surface area contributed by atoms with Gasteiger partial charge in [0.25, 0.3) is 0 Å². The number of hydrogen-bond donors (Lipinski definition) is 2. The molecule has 104 valence electrons. The molecule has 0 bridgehead atoms. The highest BCUT2D eigenvalue weighted by molar-refractivity contribution is 5.95. The number of aromatic nitrogens is 1. The van der Waals surface area contributed by atoms with Crippen molar-refractivity contribution in [2.45, 2.75) is 26.3 Å². The number of aryl methyl sites for hydroxylation is 1. The van der Waals surface area contributed by atoms with Gasteiger partial charge in [0.2, 0.25) is 0 Å². The Bertz CT molecular complexity index is 679. The van der Waals surface area contributed by atoms with Gasteiger partial charge in [-0.3, -0.25) is 4.98 Å². The molecule has 1 heterocycles. The molecule has 5 heteroatoms. The van der Waals surface area contributed by atoms with Gasteiger partial charge in [-0.25, -0.2) is 4.39 Å². The van der Waals surface area contributed by atoms with Crippen molar-refractivity contribution >= 4 is 16.6 Å². The predicted molar refractivity (Wildman–Crippen MR) is 75.9 cm³/mol. The van der Waals surface area contributed by atoms with E-state index in [0.29, 0.717) is 28.6 Å². The quantitative estimate of drug-likeness (QED) is 0.898. The first-order chi connectivity index (χ1) is 9.56. The Labute approximate surface area is 116 Å². The summed E-state index contributed by atoms with van der Waals surface area (Å²) in [6.45, 7) is 3.73. The highest BCUT2D eigenvalue weighted by atomic mass is 19.1. The van der Waals surface area contributed by atoms with Crippen molar-refractivity contribution in [1.82, 2.24) is 4.98 Å². The van der Waals surface area contributed by atoms with Gasteiger partial charge in [-0.15, -0.1) is 0 Å². The lowest BCUT2D eigenvalue weighted by molar-refractivity contribution is 0.282. The molecular formula is C15H16FN3O. The van der Waals surface area contributed by atoms with E-state index >= 15 is 0 Å². The summed E-state index contributed by atoms with van der Waals surface area (Å²) in [5, 5.41) is 21.9. The third-order valence-corrected chi connectivity index (χ3v) is 3.20. The second kappa shape index (κ2) is 5.85. The molecule has 2 aromatic rings. The largest absolute Gasteiger partial charge is 0.396 e. The normalized spacial score (nSPS) is 12.2. The van der Waals surface area contributed by atoms with E-state index in [0.717, 1.165) is 5.56 Å². The lowest BCUT2D eigenvalue weighted by Crippen LogP contribution is -2.17. The maximum absolute atomic E-state index is 13.6. The summed E-state index contributed by atoms with van der Waals surface area (Å²) in [5.74, 6) is -0.357. The molecule has 1 aromatic heterocycles. The summed E-state index contributed by atoms with van der Waals surface area (Å²) in [6, 6.07) is 4.84. The number of benzene rings is 1. The zero-order valence-corrected chi connectivity index (χ0v) is 11.4. The first-order valence-corrected chi connectivity index (χ1v) is 6.43. The maximum Gasteiger partial charge on any atom is 0.124 e. The van der Waals surface area contributed by atoms with Crippen molar-refractivity contribution in [3.63, 3.8) is 0 Å². The van der Waals surface area contributed by atoms with Crippen molar-refractivity contribution in [2.24, 2.45) is 0 Å². The standard InChI is InChI=1S/C15H16FN3O/c1-9-5-12(16)6-13-14(9)18-8-11(7-17)15(13)19-10(2)3-4-20/h5-6,8,10,20H,3-4H2,1-2H3,(H,18,19). The molecule has 0 aliphatic heterocycles. The highest BCUT2D eigenvalue weighted by Crippen LogP contribution is 2.29. The van der Waals surface area contributed by atoms with Gasteiger partial charge in [0.1, 0.15) is 11.9 Å². The third kappa shape index (κ3) is 2.70. The molecule has 2 rings (SSSR count). The Morgan fingerprint density at radius 3 is 2.90 bits per heavy atom. The van der Waals surface area contributed by atoms with Crippen LogP contribution < -0.4 is 5.32 Å². The molecule has 20 heavy (non-hydrogen) atoms. The van der Waals surface area contributed by atoms with Gasteiger partial charge in [-0.2, -0.15) is 5.26 Å². The summed E-state index contributed by atoms with van der Waals surface area (Å²) in [4.78, 5) is 4.23. The summed E-state index contributed by atoms with van der Waals surface area (Å²) in [7, 11) is 0. The van der Waals surface area contributed by atoms with Crippen molar-refractivity contribution < 1.29 is 9.50 Å². The zero-order chi connectivity index (χ0) is 14.7. The van der Waals surface area contributed by atoms with Gasteiger partial charge < -0.3 is 10.4 Å². The van der Waals surface area contributed by atoms with Gasteiger partial charge in [-0.1, -0.05) is 0 Å². The van der Waals surface area contributed by atoms with Crippen LogP contribution in [-0.2, 0) is 0 Å². The van der Waals surface area contributed by atoms with Crippen molar-refractivity contribution in [3.05, 3.63) is 35.3 Å². The van der Waals surface area contributed by atoms with Gasteiger partial charge in [-0.05, 0) is 38.0 Å². The number of pyridine rings is 1. The fraction of sp³-hybridized carbons (Fsp3) is 0.333. The van der Waals surface area contributed by atoms with Crippen LogP contribution in [0.1, 0.15) is 24.5 Å². The molecule has 1 unspecified atom stereocenters. The minimum Gasteiger partial charge on any atom is -0.396 e. The average molecular weight is 273 g/mol. The number of halogens is 1. The lowest BCUT2D eigenvalue weighted by atomic mass is 10.1. The van der Waals surface area contributed by atoms with Crippen LogP contribution in [-0.4, -0.2) is 22.7 Å². The van der Waals surface area contributed by atoms with Crippen LogP contribution in [0.15, 0.2) is 18.3 Å². The molecule has 2 N–H and O–H groups in total. The summed E-state index contributed by atoms with van der Waals surface area (Å²) in [6.07, 6.45) is 2.03. The van der Waals surface area contributed by atoms with E-state index in [2.05, 4.69) is 16.4 Å². The van der Waals surface area contributed by atoms with Crippen molar-refractivity contribution in [3.8, 4) is 6.07 Å². The molecule has 1 aromatic carbocycles. The average Bonchev–Trinajstić information content (AvgIpc) is 2.39. The molecule has 1 atom stereocenters. The van der Waals surface area contributed by atoms with E-state index in [1.54, 1.807) is 6.92 Å². The smallest absolute Gasteiger partial charge is 0.124 e. The summed E-state index contributed by atoms with van der Waals surface area (Å²) < 4.78 is 13.6. The highest BCUT2D eigenvalue weighted by Gasteiger charge is 2.13. The fourth-order valence-electron chi connectivity index (χ4n) is 2.19. The number of hydrogen-bond acceptors (Lipinski definition) is 4. The van der Waals surface area contributed by atoms with E-state index in [1.165, 1.54) is 18.3 Å². The number of nitrogens with one attached hydrogen (secondary N) is 1. The SMILES string of the molecule is Cc1cc(F)cc2c(NC(C)CCO)c(C#N)cnc12. The topological polar surface area (TPSA) is 68.9 Å². The second-order valence-corrected chi connectivity index (χ2v) is 4.84. The number of aliphatic hydroxyl groups is 1. The number of fused-ring (bicyclic) bond motifs is 1. The first kappa shape index (κ1) is 14.2. The molecular weight excluding hydrogens is 257 g/mol. The first-order valence-electron chi connectivity index (χ1n) is 6.43. The zero-order valence-electron chi connectivity index (χ0n) is 11.4. The van der Waals surface area contributed by atoms with Crippen LogP contribution in [0.4, 0.5) is 10.1 Å². The molecule has 0 amide bonds. The van der Waals surface area contributed by atoms with Gasteiger partial charge in [0.15, 0.2) is 0 Å². The number of nitrogens with zero attached hydrogens (tertiary/aromatic N) is 2. The molecule has 0 fully saturated rings. The molecule has 0 aliphatic carbocycles. The van der Waals surface area contributed by atoms with Crippen LogP contribution in [0.2, 0.25) is 0 Å². The monoisotopic (exact) mass is 273 g/mol. The number of rotatable bonds is 4. The Balaban J connectivity index is 2.62. The predicted octanol–water partition coefficient (Wildman–Crippen LogP) is 2.74. The molecule has 4 nitrogen and oxygen atoms in total. The van der Waals surface area contributed by atoms with Crippen molar-refractivity contribution in [1.29, 1.82) is 5.26 Å². The Hall–Kier alpha value is -2.19. The van der Waals surface area contributed by atoms with Gasteiger partial charge in [0.05, 0.1) is 16.8 Å². The molecule has 0 saturated carbocycles. The van der Waals surface area contributed by atoms with Gasteiger partial charge in [0, 0.05) is 24.2 Å². The fourth-order valence-corrected chi connectivity index (χ4v) is 2.19. The number of anilines is 1. The van der Waals surface area contributed by atoms with E-state index in [1.807, 2.05) is 6.92 Å². The van der Waals surface area contributed by atoms with Crippen LogP contribution in [0, 0.1) is 24.1 Å². The maximum atomic E-state index is 13.6. The Morgan fingerprint density at radius 2 is 2.25 bits per heavy atom. The van der Waals surface area contributed by atoms with E-state index in [9.17, 15) is 9.65 Å². The van der Waals surface area contributed by atoms with Crippen molar-refractivity contribution in [2.75, 3.05) is 11.9 Å². The molecule has 0 radical (unpaired) electrons. The van der Waals surface area contributed by atoms with Crippen LogP contribution in [0.3, 0.4) is 0 Å². The molecule has 0 saturated heterocycles. The number of nitriles is 1. The van der Waals surface area contributed by atoms with E-state index in [4.69, 9.17) is 5.11 Å². The minimum absolute atomic E-state index is 0.0266. The third-order valence-electron chi connectivity index (χ3n) is 3.20. The van der Waals surface area contributed by atoms with Crippen LogP contribution in [0.25, 0.3) is 10.9 Å². The lowest BCUT2D eigenvalue weighted by Gasteiger charge is -2.17. The van der Waals surface area contributed by atoms with E-state index in [-0.39, 0.29) is 18.5 Å². The number of aliphatic hydroxyl groups excluding tert-OH is 1. The Kier molecular flexibility index (Phi) is 4.16. The Morgan fingerprint density at radius 1 is 1.50 bits per heavy atom. The molecule has 0 spiro atoms. The van der Waals surface area contributed by atoms with Crippen LogP contribution >= 0.6 is 0 Å². The minimum atomic E-state index is -0.357. The van der Waals surface area contributed by atoms with Gasteiger partial charge >= 0.3 is 0 Å². The van der Waals surface area contributed by atoms with E-state index < -0.39 is 0 Å². The van der Waals surface area contributed by atoms with Crippen LogP contribution in [0.5, 0.6) is 0 Å². The summed E-state index contributed by atoms with van der Waals surface area (Å²) >= 11 is 0. The summed E-state index contributed by atoms with van der Waals surface area (Å²) in [5.41, 5.74) is 2.33. The second-order valence-electron chi connectivity index (χ2n) is 4.84.